The molecule has 0 spiro atoms. The number of carboxylic acid groups (broad SMARTS) is 1. The number of carbonyl (C=O) groups excluding carboxylic acids is 2. The number of hydrogen-bond donors (Lipinski definition) is 0. The smallest absolute Gasteiger partial charge is 0.266 e. The molecule has 0 aliphatic carbocycles. The van der Waals surface area contributed by atoms with Crippen LogP contribution in [0.2, 0.25) is 0 Å². The number of thioether (sulfide) groups is 1. The molecule has 1 heterocycles. The minimum absolute atomic E-state index is 0.170. The number of halogens is 1. The number of hydrogen-bond acceptors (Lipinski definition) is 6. The molecule has 1 aliphatic heterocycles. The molecule has 0 unspecified atom stereocenters. The quantitative estimate of drug-likeness (QED) is 0.451. The van der Waals surface area contributed by atoms with Crippen LogP contribution in [0, 0.1) is 0 Å². The largest absolute Gasteiger partial charge is 0.546 e. The third-order valence-electron chi connectivity index (χ3n) is 3.94. The van der Waals surface area contributed by atoms with E-state index >= 15 is 0 Å². The normalized spacial score (nSPS) is 15.3. The van der Waals surface area contributed by atoms with Gasteiger partial charge < -0.3 is 14.6 Å². The van der Waals surface area contributed by atoms with Crippen molar-refractivity contribution in [3.05, 3.63) is 69.0 Å². The van der Waals surface area contributed by atoms with Gasteiger partial charge in [-0.3, -0.25) is 9.69 Å². The van der Waals surface area contributed by atoms with Gasteiger partial charge in [0.2, 0.25) is 0 Å². The van der Waals surface area contributed by atoms with Crippen LogP contribution in [0.5, 0.6) is 5.75 Å². The molecule has 1 amide bonds. The van der Waals surface area contributed by atoms with Crippen molar-refractivity contribution in [3.63, 3.8) is 0 Å². The SMILES string of the molecule is O=C([O-])COc1ccc(Br)cc1/C=C1\SC(=S)N(CCc2ccccc2)C1=O. The molecule has 2 aromatic carbocycles. The van der Waals surface area contributed by atoms with E-state index in [2.05, 4.69) is 15.9 Å². The maximum atomic E-state index is 12.8. The van der Waals surface area contributed by atoms with Crippen LogP contribution in [-0.4, -0.2) is 34.2 Å². The predicted octanol–water partition coefficient (Wildman–Crippen LogP) is 3.02. The Balaban J connectivity index is 1.77. The zero-order valence-electron chi connectivity index (χ0n) is 14.6. The van der Waals surface area contributed by atoms with Crippen LogP contribution in [0.15, 0.2) is 57.9 Å². The van der Waals surface area contributed by atoms with Crippen molar-refractivity contribution < 1.29 is 19.4 Å². The molecule has 5 nitrogen and oxygen atoms in total. The van der Waals surface area contributed by atoms with Gasteiger partial charge in [-0.15, -0.1) is 0 Å². The third-order valence-corrected chi connectivity index (χ3v) is 5.82. The van der Waals surface area contributed by atoms with Crippen LogP contribution in [0.1, 0.15) is 11.1 Å². The number of ether oxygens (including phenoxy) is 1. The summed E-state index contributed by atoms with van der Waals surface area (Å²) in [5.41, 5.74) is 1.71. The number of amides is 1. The topological polar surface area (TPSA) is 69.7 Å². The van der Waals surface area contributed by atoms with Gasteiger partial charge in [0.05, 0.1) is 10.9 Å². The summed E-state index contributed by atoms with van der Waals surface area (Å²) in [6.07, 6.45) is 2.37. The molecule has 0 atom stereocenters. The third kappa shape index (κ3) is 5.21. The number of carbonyl (C=O) groups is 2. The predicted molar refractivity (Wildman–Crippen MR) is 115 cm³/mol. The van der Waals surface area contributed by atoms with Gasteiger partial charge in [0, 0.05) is 16.6 Å². The van der Waals surface area contributed by atoms with Crippen LogP contribution in [0.3, 0.4) is 0 Å². The van der Waals surface area contributed by atoms with Crippen LogP contribution in [0.4, 0.5) is 0 Å². The van der Waals surface area contributed by atoms with Crippen molar-refractivity contribution >= 4 is 62.2 Å². The van der Waals surface area contributed by atoms with Gasteiger partial charge in [0.1, 0.15) is 16.7 Å². The Morgan fingerprint density at radius 3 is 2.71 bits per heavy atom. The molecule has 0 bridgehead atoms. The van der Waals surface area contributed by atoms with E-state index in [1.807, 2.05) is 30.3 Å². The lowest BCUT2D eigenvalue weighted by Gasteiger charge is -2.14. The number of nitrogens with zero attached hydrogens (tertiary/aromatic N) is 1. The van der Waals surface area contributed by atoms with Crippen molar-refractivity contribution in [3.8, 4) is 5.75 Å². The summed E-state index contributed by atoms with van der Waals surface area (Å²) < 4.78 is 6.54. The van der Waals surface area contributed by atoms with E-state index in [1.54, 1.807) is 29.2 Å². The number of carboxylic acids is 1. The highest BCUT2D eigenvalue weighted by molar-refractivity contribution is 9.10. The fourth-order valence-electron chi connectivity index (χ4n) is 2.62. The van der Waals surface area contributed by atoms with E-state index in [-0.39, 0.29) is 5.91 Å². The summed E-state index contributed by atoms with van der Waals surface area (Å²) in [7, 11) is 0. The van der Waals surface area contributed by atoms with E-state index in [1.165, 1.54) is 11.8 Å². The molecule has 28 heavy (non-hydrogen) atoms. The van der Waals surface area contributed by atoms with Crippen LogP contribution < -0.4 is 9.84 Å². The number of rotatable bonds is 7. The highest BCUT2D eigenvalue weighted by atomic mass is 79.9. The zero-order chi connectivity index (χ0) is 20.1. The Morgan fingerprint density at radius 2 is 2.00 bits per heavy atom. The molecule has 1 aliphatic rings. The van der Waals surface area contributed by atoms with Gasteiger partial charge in [-0.2, -0.15) is 0 Å². The minimum atomic E-state index is -1.32. The summed E-state index contributed by atoms with van der Waals surface area (Å²) in [5, 5.41) is 10.7. The lowest BCUT2D eigenvalue weighted by Crippen LogP contribution is -2.30. The van der Waals surface area contributed by atoms with E-state index in [0.717, 1.165) is 10.0 Å². The first kappa shape index (κ1) is 20.6. The molecule has 3 rings (SSSR count). The monoisotopic (exact) mass is 476 g/mol. The summed E-state index contributed by atoms with van der Waals surface area (Å²) in [6, 6.07) is 15.0. The average Bonchev–Trinajstić information content (AvgIpc) is 2.93. The van der Waals surface area contributed by atoms with E-state index in [0.29, 0.717) is 33.5 Å². The molecule has 0 radical (unpaired) electrons. The molecule has 144 valence electrons. The Bertz CT molecular complexity index is 946. The second-order valence-electron chi connectivity index (χ2n) is 5.91. The molecule has 0 saturated carbocycles. The molecule has 0 aromatic heterocycles. The van der Waals surface area contributed by atoms with E-state index in [4.69, 9.17) is 17.0 Å². The molecular formula is C20H15BrNO4S2-. The Hall–Kier alpha value is -2.16. The maximum Gasteiger partial charge on any atom is 0.266 e. The highest BCUT2D eigenvalue weighted by Crippen LogP contribution is 2.35. The Labute approximate surface area is 180 Å². The Kier molecular flexibility index (Phi) is 6.88. The summed E-state index contributed by atoms with van der Waals surface area (Å²) in [5.74, 6) is -1.14. The second kappa shape index (κ2) is 9.36. The van der Waals surface area contributed by atoms with Gasteiger partial charge in [-0.05, 0) is 36.3 Å². The van der Waals surface area contributed by atoms with E-state index < -0.39 is 12.6 Å². The van der Waals surface area contributed by atoms with Crippen molar-refractivity contribution in [2.45, 2.75) is 6.42 Å². The number of thiocarbonyl (C=S) groups is 1. The van der Waals surface area contributed by atoms with Gasteiger partial charge in [-0.25, -0.2) is 0 Å². The van der Waals surface area contributed by atoms with Crippen LogP contribution in [-0.2, 0) is 16.0 Å². The molecule has 1 fully saturated rings. The summed E-state index contributed by atoms with van der Waals surface area (Å²) in [4.78, 5) is 25.5. The van der Waals surface area contributed by atoms with Crippen LogP contribution in [0.25, 0.3) is 6.08 Å². The lowest BCUT2D eigenvalue weighted by atomic mass is 10.1. The fraction of sp³-hybridized carbons (Fsp3) is 0.150. The minimum Gasteiger partial charge on any atom is -0.546 e. The van der Waals surface area contributed by atoms with Crippen molar-refractivity contribution in [1.29, 1.82) is 0 Å². The van der Waals surface area contributed by atoms with Crippen molar-refractivity contribution in [1.82, 2.24) is 4.90 Å². The standard InChI is InChI=1S/C20H16BrNO4S2/c21-15-6-7-16(26-12-18(23)24)14(10-15)11-17-19(25)22(20(27)28-17)9-8-13-4-2-1-3-5-13/h1-7,10-11H,8-9,12H2,(H,23,24)/p-1/b17-11-. The average molecular weight is 477 g/mol. The first-order valence-electron chi connectivity index (χ1n) is 8.35. The van der Waals surface area contributed by atoms with Gasteiger partial charge in [-0.1, -0.05) is 70.2 Å². The first-order chi connectivity index (χ1) is 13.4. The first-order valence-corrected chi connectivity index (χ1v) is 10.4. The summed E-state index contributed by atoms with van der Waals surface area (Å²) >= 11 is 9.97. The number of benzene rings is 2. The highest BCUT2D eigenvalue weighted by Gasteiger charge is 2.31. The van der Waals surface area contributed by atoms with Crippen molar-refractivity contribution in [2.24, 2.45) is 0 Å². The molecule has 0 N–H and O–H groups in total. The maximum absolute atomic E-state index is 12.8. The van der Waals surface area contributed by atoms with Crippen LogP contribution >= 0.6 is 39.9 Å². The van der Waals surface area contributed by atoms with Crippen molar-refractivity contribution in [2.75, 3.05) is 13.2 Å². The van der Waals surface area contributed by atoms with E-state index in [9.17, 15) is 14.7 Å². The molecular weight excluding hydrogens is 462 g/mol. The number of aliphatic carboxylic acids is 1. The zero-order valence-corrected chi connectivity index (χ0v) is 17.8. The second-order valence-corrected chi connectivity index (χ2v) is 8.50. The van der Waals surface area contributed by atoms with Gasteiger partial charge in [0.15, 0.2) is 0 Å². The summed E-state index contributed by atoms with van der Waals surface area (Å²) in [6.45, 7) is -0.0704. The lowest BCUT2D eigenvalue weighted by molar-refractivity contribution is -0.307. The Morgan fingerprint density at radius 1 is 1.25 bits per heavy atom. The van der Waals surface area contributed by atoms with Gasteiger partial charge >= 0.3 is 0 Å². The molecule has 1 saturated heterocycles. The molecule has 8 heteroatoms. The fourth-order valence-corrected chi connectivity index (χ4v) is 4.30. The van der Waals surface area contributed by atoms with Gasteiger partial charge in [0.25, 0.3) is 5.91 Å². The molecule has 2 aromatic rings.